The summed E-state index contributed by atoms with van der Waals surface area (Å²) in [5.74, 6) is -0.540. The number of esters is 1. The lowest BCUT2D eigenvalue weighted by Gasteiger charge is -2.24. The highest BCUT2D eigenvalue weighted by atomic mass is 16.5. The molecule has 6 heteroatoms. The number of allylic oxidation sites excluding steroid dienone is 10. The minimum Gasteiger partial charge on any atom is -0.462 e. The zero-order valence-electron chi connectivity index (χ0n) is 41.7. The second-order valence-corrected chi connectivity index (χ2v) is 18.3. The van der Waals surface area contributed by atoms with E-state index in [1.54, 1.807) is 0 Å². The molecule has 0 aliphatic carbocycles. The summed E-state index contributed by atoms with van der Waals surface area (Å²) in [5, 5.41) is 23.8. The number of hydrogen-bond donors (Lipinski definition) is 3. The van der Waals surface area contributed by atoms with Gasteiger partial charge in [-0.15, -0.1) is 0 Å². The predicted octanol–water partition coefficient (Wildman–Crippen LogP) is 16.4. The van der Waals surface area contributed by atoms with Gasteiger partial charge in [0.1, 0.15) is 6.10 Å². The summed E-state index contributed by atoms with van der Waals surface area (Å²) in [6.07, 6.45) is 62.8. The summed E-state index contributed by atoms with van der Waals surface area (Å²) in [7, 11) is 0. The van der Waals surface area contributed by atoms with E-state index in [0.29, 0.717) is 19.3 Å². The molecule has 0 saturated heterocycles. The molecule has 0 heterocycles. The topological polar surface area (TPSA) is 95.9 Å². The van der Waals surface area contributed by atoms with Crippen molar-refractivity contribution in [3.63, 3.8) is 0 Å². The third kappa shape index (κ3) is 45.9. The Bertz CT molecular complexity index is 1130. The predicted molar refractivity (Wildman–Crippen MR) is 273 cm³/mol. The minimum atomic E-state index is -0.804. The number of unbranched alkanes of at least 4 members (excludes halogenated alkanes) is 27. The fraction of sp³-hybridized carbons (Fsp3) is 0.789. The number of carbonyl (C=O) groups is 2. The molecule has 0 fully saturated rings. The quantitative estimate of drug-likeness (QED) is 0.0245. The molecule has 0 aliphatic heterocycles. The number of aliphatic hydroxyl groups is 2. The largest absolute Gasteiger partial charge is 0.462 e. The van der Waals surface area contributed by atoms with Crippen LogP contribution in [-0.2, 0) is 14.3 Å². The fourth-order valence-corrected chi connectivity index (χ4v) is 7.96. The lowest BCUT2D eigenvalue weighted by Crippen LogP contribution is -2.46. The highest BCUT2D eigenvalue weighted by Crippen LogP contribution is 2.17. The van der Waals surface area contributed by atoms with Crippen LogP contribution in [0.2, 0.25) is 0 Å². The van der Waals surface area contributed by atoms with Crippen LogP contribution < -0.4 is 5.32 Å². The molecule has 0 aromatic heterocycles. The number of carbonyl (C=O) groups excluding carboxylic acids is 2. The van der Waals surface area contributed by atoms with Crippen LogP contribution in [0.3, 0.4) is 0 Å². The van der Waals surface area contributed by atoms with Gasteiger partial charge < -0.3 is 20.3 Å². The van der Waals surface area contributed by atoms with Crippen LogP contribution in [0.5, 0.6) is 0 Å². The maximum Gasteiger partial charge on any atom is 0.306 e. The van der Waals surface area contributed by atoms with Crippen molar-refractivity contribution < 1.29 is 24.5 Å². The highest BCUT2D eigenvalue weighted by molar-refractivity contribution is 5.77. The van der Waals surface area contributed by atoms with Gasteiger partial charge in [0.15, 0.2) is 0 Å². The summed E-state index contributed by atoms with van der Waals surface area (Å²) in [6.45, 7) is 6.44. The molecule has 3 unspecified atom stereocenters. The first-order chi connectivity index (χ1) is 31.0. The smallest absolute Gasteiger partial charge is 0.306 e. The van der Waals surface area contributed by atoms with Crippen molar-refractivity contribution in [2.75, 3.05) is 6.61 Å². The number of nitrogens with one attached hydrogen (secondary N) is 1. The van der Waals surface area contributed by atoms with Gasteiger partial charge in [-0.3, -0.25) is 9.59 Å². The Hall–Kier alpha value is -2.44. The van der Waals surface area contributed by atoms with E-state index in [1.165, 1.54) is 135 Å². The molecule has 6 nitrogen and oxygen atoms in total. The number of amides is 1. The van der Waals surface area contributed by atoms with Crippen molar-refractivity contribution in [2.24, 2.45) is 0 Å². The monoisotopic (exact) mass is 882 g/mol. The molecular weight excluding hydrogens is 779 g/mol. The zero-order chi connectivity index (χ0) is 45.9. The van der Waals surface area contributed by atoms with E-state index >= 15 is 0 Å². The standard InChI is InChI=1S/C57H103NO5/c1-4-7-10-13-16-19-22-25-27-29-32-35-38-41-44-47-50-57(62)63-53(48-45-42-39-36-33-31-28-26-23-20-17-14-11-8-5-2)51-56(61)58-54(52-59)55(60)49-46-43-40-37-34-30-24-21-18-15-12-9-6-3/h17,20,26-29,32-33,35-36,53-55,59-60H,4-16,18-19,21-25,30-31,34,37-52H2,1-3H3,(H,58,61)/b20-17-,28-26-,29-27+,35-32+,36-33-. The van der Waals surface area contributed by atoms with E-state index in [9.17, 15) is 19.8 Å². The Morgan fingerprint density at radius 3 is 1.37 bits per heavy atom. The van der Waals surface area contributed by atoms with Crippen molar-refractivity contribution in [3.8, 4) is 0 Å². The maximum absolute atomic E-state index is 13.2. The van der Waals surface area contributed by atoms with Gasteiger partial charge >= 0.3 is 5.97 Å². The number of aliphatic hydroxyl groups excluding tert-OH is 2. The van der Waals surface area contributed by atoms with Crippen molar-refractivity contribution in [2.45, 2.75) is 283 Å². The van der Waals surface area contributed by atoms with Gasteiger partial charge in [0.05, 0.1) is 25.2 Å². The molecule has 63 heavy (non-hydrogen) atoms. The molecule has 0 radical (unpaired) electrons. The van der Waals surface area contributed by atoms with Crippen LogP contribution in [0, 0.1) is 0 Å². The van der Waals surface area contributed by atoms with E-state index < -0.39 is 18.2 Å². The fourth-order valence-electron chi connectivity index (χ4n) is 7.96. The van der Waals surface area contributed by atoms with Crippen molar-refractivity contribution in [1.29, 1.82) is 0 Å². The molecule has 3 atom stereocenters. The van der Waals surface area contributed by atoms with Gasteiger partial charge in [0.25, 0.3) is 0 Å². The third-order valence-electron chi connectivity index (χ3n) is 12.1. The summed E-state index contributed by atoms with van der Waals surface area (Å²) in [6, 6.07) is -0.721. The molecule has 0 bridgehead atoms. The van der Waals surface area contributed by atoms with Crippen molar-refractivity contribution in [3.05, 3.63) is 60.8 Å². The van der Waals surface area contributed by atoms with E-state index in [4.69, 9.17) is 4.74 Å². The minimum absolute atomic E-state index is 0.0403. The Kier molecular flexibility index (Phi) is 48.6. The Morgan fingerprint density at radius 1 is 0.476 bits per heavy atom. The second kappa shape index (κ2) is 50.6. The van der Waals surface area contributed by atoms with E-state index in [1.807, 2.05) is 0 Å². The van der Waals surface area contributed by atoms with Gasteiger partial charge in [-0.25, -0.2) is 0 Å². The summed E-state index contributed by atoms with van der Waals surface area (Å²) >= 11 is 0. The Morgan fingerprint density at radius 2 is 0.857 bits per heavy atom. The molecule has 0 aliphatic rings. The summed E-state index contributed by atoms with van der Waals surface area (Å²) in [4.78, 5) is 26.2. The average Bonchev–Trinajstić information content (AvgIpc) is 3.28. The maximum atomic E-state index is 13.2. The SMILES string of the molecule is CCCCC/C=C\C/C=C\C/C=C\CCCCC(CC(=O)NC(CO)C(O)CCCCCCCCCCCCCCC)OC(=O)CCCCC/C=C/C=C/CCCCCCCCC. The third-order valence-corrected chi connectivity index (χ3v) is 12.1. The molecule has 366 valence electrons. The first-order valence-corrected chi connectivity index (χ1v) is 27.0. The lowest BCUT2D eigenvalue weighted by atomic mass is 10.0. The second-order valence-electron chi connectivity index (χ2n) is 18.3. The number of rotatable bonds is 48. The highest BCUT2D eigenvalue weighted by Gasteiger charge is 2.24. The molecular formula is C57H103NO5. The van der Waals surface area contributed by atoms with Crippen LogP contribution >= 0.6 is 0 Å². The van der Waals surface area contributed by atoms with Crippen molar-refractivity contribution in [1.82, 2.24) is 5.32 Å². The van der Waals surface area contributed by atoms with Crippen LogP contribution in [0.15, 0.2) is 60.8 Å². The molecule has 0 spiro atoms. The normalized spacial score (nSPS) is 13.7. The van der Waals surface area contributed by atoms with E-state index in [2.05, 4.69) is 86.8 Å². The van der Waals surface area contributed by atoms with E-state index in [-0.39, 0.29) is 24.9 Å². The van der Waals surface area contributed by atoms with Crippen LogP contribution in [0.25, 0.3) is 0 Å². The molecule has 3 N–H and O–H groups in total. The average molecular weight is 882 g/mol. The summed E-state index contributed by atoms with van der Waals surface area (Å²) in [5.41, 5.74) is 0. The first kappa shape index (κ1) is 60.6. The van der Waals surface area contributed by atoms with Gasteiger partial charge in [0, 0.05) is 6.42 Å². The van der Waals surface area contributed by atoms with Crippen LogP contribution in [0.4, 0.5) is 0 Å². The molecule has 0 saturated carbocycles. The number of ether oxygens (including phenoxy) is 1. The first-order valence-electron chi connectivity index (χ1n) is 27.0. The summed E-state index contributed by atoms with van der Waals surface area (Å²) < 4.78 is 5.91. The molecule has 1 amide bonds. The van der Waals surface area contributed by atoms with Gasteiger partial charge in [0.2, 0.25) is 5.91 Å². The van der Waals surface area contributed by atoms with Crippen molar-refractivity contribution >= 4 is 11.9 Å². The molecule has 0 rings (SSSR count). The van der Waals surface area contributed by atoms with Gasteiger partial charge in [-0.05, 0) is 89.9 Å². The Labute approximate surface area is 390 Å². The van der Waals surface area contributed by atoms with Crippen LogP contribution in [0.1, 0.15) is 265 Å². The number of hydrogen-bond acceptors (Lipinski definition) is 5. The van der Waals surface area contributed by atoms with E-state index in [0.717, 1.165) is 83.5 Å². The molecule has 0 aromatic carbocycles. The molecule has 0 aromatic rings. The zero-order valence-corrected chi connectivity index (χ0v) is 41.7. The lowest BCUT2D eigenvalue weighted by molar-refractivity contribution is -0.151. The van der Waals surface area contributed by atoms with Gasteiger partial charge in [-0.2, -0.15) is 0 Å². The van der Waals surface area contributed by atoms with Gasteiger partial charge in [-0.1, -0.05) is 223 Å². The van der Waals surface area contributed by atoms with Crippen LogP contribution in [-0.4, -0.2) is 46.9 Å². The Balaban J connectivity index is 4.69.